The number of aromatic hydroxyl groups is 1. The lowest BCUT2D eigenvalue weighted by atomic mass is 10.1. The third kappa shape index (κ3) is 4.04. The highest BCUT2D eigenvalue weighted by atomic mass is 35.5. The zero-order valence-electron chi connectivity index (χ0n) is 16.0. The first-order chi connectivity index (χ1) is 14.3. The van der Waals surface area contributed by atoms with Crippen LogP contribution in [0.15, 0.2) is 65.7 Å². The van der Waals surface area contributed by atoms with Crippen molar-refractivity contribution in [3.8, 4) is 16.9 Å². The molecule has 1 fully saturated rings. The monoisotopic (exact) mass is 442 g/mol. The fourth-order valence-electron chi connectivity index (χ4n) is 3.28. The number of phenols is 1. The number of pyridine rings is 1. The lowest BCUT2D eigenvalue weighted by Gasteiger charge is -2.31. The van der Waals surface area contributed by atoms with E-state index in [2.05, 4.69) is 4.98 Å². The van der Waals surface area contributed by atoms with Crippen molar-refractivity contribution in [2.24, 2.45) is 0 Å². The summed E-state index contributed by atoms with van der Waals surface area (Å²) < 4.78 is 26.1. The lowest BCUT2D eigenvalue weighted by Crippen LogP contribution is -2.42. The first-order valence-electron chi connectivity index (χ1n) is 9.40. The van der Waals surface area contributed by atoms with E-state index in [0.717, 1.165) is 17.5 Å². The molecule has 1 aliphatic rings. The fourth-order valence-corrected chi connectivity index (χ4v) is 4.97. The number of carbonyl (C=O) groups is 1. The quantitative estimate of drug-likeness (QED) is 0.646. The number of likely N-dealkylation sites (tertiary alicyclic amines) is 1. The normalized spacial score (nSPS) is 13.7. The number of halogens is 1. The Labute approximate surface area is 179 Å². The number of aromatic nitrogens is 1. The summed E-state index contributed by atoms with van der Waals surface area (Å²) in [5.74, 6) is -1.29. The van der Waals surface area contributed by atoms with Gasteiger partial charge in [0, 0.05) is 24.8 Å². The summed E-state index contributed by atoms with van der Waals surface area (Å²) in [6, 6.07) is 15.5. The first kappa shape index (κ1) is 20.4. The van der Waals surface area contributed by atoms with Gasteiger partial charge in [-0.1, -0.05) is 41.9 Å². The summed E-state index contributed by atoms with van der Waals surface area (Å²) in [6.45, 7) is 1.24. The molecule has 3 aromatic rings. The largest absolute Gasteiger partial charge is 0.505 e. The molecule has 4 rings (SSSR count). The summed E-state index contributed by atoms with van der Waals surface area (Å²) in [5.41, 5.74) is 2.24. The number of amides is 1. The van der Waals surface area contributed by atoms with E-state index in [1.54, 1.807) is 23.2 Å². The van der Waals surface area contributed by atoms with E-state index < -0.39 is 21.3 Å². The molecule has 1 N–H and O–H groups in total. The van der Waals surface area contributed by atoms with E-state index in [1.165, 1.54) is 12.1 Å². The first-order valence-corrected chi connectivity index (χ1v) is 11.4. The van der Waals surface area contributed by atoms with Crippen molar-refractivity contribution in [1.29, 1.82) is 0 Å². The number of hydrogen-bond donors (Lipinski definition) is 1. The van der Waals surface area contributed by atoms with Gasteiger partial charge in [-0.25, -0.2) is 8.42 Å². The van der Waals surface area contributed by atoms with Crippen LogP contribution in [0.1, 0.15) is 22.5 Å². The maximum absolute atomic E-state index is 13.1. The summed E-state index contributed by atoms with van der Waals surface area (Å²) >= 11 is 6.04. The predicted molar refractivity (Wildman–Crippen MR) is 114 cm³/mol. The van der Waals surface area contributed by atoms with E-state index in [0.29, 0.717) is 18.8 Å². The molecule has 30 heavy (non-hydrogen) atoms. The second-order valence-corrected chi connectivity index (χ2v) is 9.48. The van der Waals surface area contributed by atoms with E-state index in [9.17, 15) is 18.3 Å². The molecule has 0 atom stereocenters. The van der Waals surface area contributed by atoms with E-state index >= 15 is 0 Å². The number of phenolic OH excluding ortho intramolecular Hbond substituents is 1. The van der Waals surface area contributed by atoms with Crippen molar-refractivity contribution in [3.05, 3.63) is 77.1 Å². The van der Waals surface area contributed by atoms with Gasteiger partial charge in [-0.05, 0) is 41.8 Å². The van der Waals surface area contributed by atoms with Crippen molar-refractivity contribution in [3.63, 3.8) is 0 Å². The Bertz CT molecular complexity index is 1210. The summed E-state index contributed by atoms with van der Waals surface area (Å²) in [5, 5.41) is 10.1. The van der Waals surface area contributed by atoms with Crippen LogP contribution in [0.3, 0.4) is 0 Å². The molecule has 154 valence electrons. The standard InChI is InChI=1S/C22H19ClN2O4S/c23-19-12-17(22(27)25-9-4-10-25)13-20(21(19)26)30(28,29)14-18-11-16(7-8-24-18)15-5-2-1-3-6-15/h1-3,5-8,11-13,26H,4,9-10,14H2. The molecular formula is C22H19ClN2O4S. The van der Waals surface area contributed by atoms with Crippen LogP contribution >= 0.6 is 11.6 Å². The fraction of sp³-hybridized carbons (Fsp3) is 0.182. The maximum Gasteiger partial charge on any atom is 0.253 e. The van der Waals surface area contributed by atoms with Gasteiger partial charge >= 0.3 is 0 Å². The van der Waals surface area contributed by atoms with E-state index in [4.69, 9.17) is 11.6 Å². The molecule has 0 saturated carbocycles. The van der Waals surface area contributed by atoms with Crippen LogP contribution in [0.25, 0.3) is 11.1 Å². The third-order valence-corrected chi connectivity index (χ3v) is 6.96. The summed E-state index contributed by atoms with van der Waals surface area (Å²) in [7, 11) is -4.00. The average molecular weight is 443 g/mol. The highest BCUT2D eigenvalue weighted by Crippen LogP contribution is 2.35. The van der Waals surface area contributed by atoms with Gasteiger partial charge in [0.1, 0.15) is 4.90 Å². The Morgan fingerprint density at radius 3 is 2.47 bits per heavy atom. The van der Waals surface area contributed by atoms with Crippen molar-refractivity contribution >= 4 is 27.3 Å². The molecule has 0 bridgehead atoms. The molecule has 8 heteroatoms. The topological polar surface area (TPSA) is 87.6 Å². The van der Waals surface area contributed by atoms with Gasteiger partial charge in [0.05, 0.1) is 16.5 Å². The highest BCUT2D eigenvalue weighted by Gasteiger charge is 2.27. The summed E-state index contributed by atoms with van der Waals surface area (Å²) in [6.07, 6.45) is 2.45. The minimum absolute atomic E-state index is 0.141. The van der Waals surface area contributed by atoms with Crippen molar-refractivity contribution in [2.75, 3.05) is 13.1 Å². The highest BCUT2D eigenvalue weighted by molar-refractivity contribution is 7.90. The van der Waals surface area contributed by atoms with Crippen molar-refractivity contribution in [2.45, 2.75) is 17.1 Å². The zero-order valence-corrected chi connectivity index (χ0v) is 17.5. The van der Waals surface area contributed by atoms with Gasteiger partial charge in [-0.2, -0.15) is 0 Å². The molecule has 6 nitrogen and oxygen atoms in total. The Kier molecular flexibility index (Phi) is 5.49. The second kappa shape index (κ2) is 8.08. The van der Waals surface area contributed by atoms with Crippen molar-refractivity contribution < 1.29 is 18.3 Å². The molecule has 0 aliphatic carbocycles. The van der Waals surface area contributed by atoms with Crippen LogP contribution in [-0.2, 0) is 15.6 Å². The van der Waals surface area contributed by atoms with Crippen LogP contribution in [-0.4, -0.2) is 42.4 Å². The summed E-state index contributed by atoms with van der Waals surface area (Å²) in [4.78, 5) is 17.9. The Hall–Kier alpha value is -2.90. The molecule has 2 aromatic carbocycles. The number of hydrogen-bond acceptors (Lipinski definition) is 5. The molecule has 0 radical (unpaired) electrons. The van der Waals surface area contributed by atoms with Gasteiger partial charge in [0.25, 0.3) is 5.91 Å². The molecule has 0 spiro atoms. The third-order valence-electron chi connectivity index (χ3n) is 5.02. The van der Waals surface area contributed by atoms with Crippen LogP contribution in [0.2, 0.25) is 5.02 Å². The van der Waals surface area contributed by atoms with Crippen LogP contribution in [0.5, 0.6) is 5.75 Å². The molecule has 1 aromatic heterocycles. The van der Waals surface area contributed by atoms with E-state index in [1.807, 2.05) is 30.3 Å². The van der Waals surface area contributed by atoms with Gasteiger partial charge < -0.3 is 10.0 Å². The van der Waals surface area contributed by atoms with Gasteiger partial charge in [0.15, 0.2) is 15.6 Å². The van der Waals surface area contributed by atoms with Crippen LogP contribution in [0.4, 0.5) is 0 Å². The zero-order chi connectivity index (χ0) is 21.3. The maximum atomic E-state index is 13.1. The molecular weight excluding hydrogens is 424 g/mol. The Morgan fingerprint density at radius 1 is 1.07 bits per heavy atom. The Morgan fingerprint density at radius 2 is 1.80 bits per heavy atom. The second-order valence-electron chi connectivity index (χ2n) is 7.11. The molecule has 0 unspecified atom stereocenters. The average Bonchev–Trinajstić information content (AvgIpc) is 2.69. The van der Waals surface area contributed by atoms with E-state index in [-0.39, 0.29) is 21.4 Å². The Balaban J connectivity index is 1.67. The molecule has 1 saturated heterocycles. The number of sulfone groups is 1. The minimum atomic E-state index is -4.00. The lowest BCUT2D eigenvalue weighted by molar-refractivity contribution is 0.0651. The number of carbonyl (C=O) groups excluding carboxylic acids is 1. The SMILES string of the molecule is O=C(c1cc(Cl)c(O)c(S(=O)(=O)Cc2cc(-c3ccccc3)ccn2)c1)N1CCC1. The molecule has 1 amide bonds. The number of benzene rings is 2. The van der Waals surface area contributed by atoms with Crippen molar-refractivity contribution in [1.82, 2.24) is 9.88 Å². The number of rotatable bonds is 5. The smallest absolute Gasteiger partial charge is 0.253 e. The van der Waals surface area contributed by atoms with Gasteiger partial charge in [-0.15, -0.1) is 0 Å². The van der Waals surface area contributed by atoms with Crippen LogP contribution in [0, 0.1) is 0 Å². The molecule has 2 heterocycles. The van der Waals surface area contributed by atoms with Gasteiger partial charge in [-0.3, -0.25) is 9.78 Å². The van der Waals surface area contributed by atoms with Crippen LogP contribution < -0.4 is 0 Å². The minimum Gasteiger partial charge on any atom is -0.505 e. The molecule has 1 aliphatic heterocycles. The number of nitrogens with zero attached hydrogens (tertiary/aromatic N) is 2. The van der Waals surface area contributed by atoms with Gasteiger partial charge in [0.2, 0.25) is 0 Å². The predicted octanol–water partition coefficient (Wildman–Crippen LogP) is 3.93.